The minimum Gasteiger partial charge on any atom is -0.349 e. The molecule has 0 fully saturated rings. The number of guanidine groups is 1. The van der Waals surface area contributed by atoms with Gasteiger partial charge >= 0.3 is 0 Å². The number of halogens is 2. The van der Waals surface area contributed by atoms with Gasteiger partial charge in [-0.1, -0.05) is 23.7 Å². The number of benzene rings is 1. The van der Waals surface area contributed by atoms with E-state index in [1.807, 2.05) is 40.8 Å². The molecule has 2 rings (SSSR count). The predicted octanol–water partition coefficient (Wildman–Crippen LogP) is 2.78. The highest BCUT2D eigenvalue weighted by Crippen LogP contribution is 2.12. The van der Waals surface area contributed by atoms with Crippen molar-refractivity contribution >= 4 is 41.5 Å². The second kappa shape index (κ2) is 9.71. The van der Waals surface area contributed by atoms with E-state index < -0.39 is 0 Å². The molecule has 126 valence electrons. The molecule has 0 aliphatic carbocycles. The van der Waals surface area contributed by atoms with E-state index in [1.165, 1.54) is 0 Å². The molecule has 0 atom stereocenters. The molecule has 6 nitrogen and oxygen atoms in total. The second-order valence-corrected chi connectivity index (χ2v) is 5.36. The molecule has 0 aliphatic rings. The molecule has 1 N–H and O–H groups in total. The average Bonchev–Trinajstić information content (AvgIpc) is 2.95. The van der Waals surface area contributed by atoms with Crippen molar-refractivity contribution in [3.05, 3.63) is 47.0 Å². The Bertz CT molecular complexity index is 642. The molecule has 0 radical (unpaired) electrons. The summed E-state index contributed by atoms with van der Waals surface area (Å²) in [5.74, 6) is 1.69. The van der Waals surface area contributed by atoms with E-state index in [0.29, 0.717) is 6.54 Å². The number of rotatable bonds is 5. The number of aromatic nitrogens is 3. The van der Waals surface area contributed by atoms with Gasteiger partial charge in [0.05, 0.1) is 6.54 Å². The molecule has 0 bridgehead atoms. The van der Waals surface area contributed by atoms with Gasteiger partial charge in [0, 0.05) is 32.2 Å². The molecule has 0 amide bonds. The van der Waals surface area contributed by atoms with Gasteiger partial charge in [0.2, 0.25) is 0 Å². The Hall–Kier alpha value is -1.35. The molecule has 0 saturated heterocycles. The van der Waals surface area contributed by atoms with E-state index in [1.54, 1.807) is 13.4 Å². The summed E-state index contributed by atoms with van der Waals surface area (Å²) in [7, 11) is 3.75. The van der Waals surface area contributed by atoms with Crippen LogP contribution in [0.3, 0.4) is 0 Å². The van der Waals surface area contributed by atoms with E-state index in [0.717, 1.165) is 35.5 Å². The SMILES string of the molecule is CCn1cnnc1CNC(=NC)N(C)Cc1cccc(Cl)c1.I. The molecule has 0 aliphatic heterocycles. The number of hydrogen-bond acceptors (Lipinski definition) is 3. The van der Waals surface area contributed by atoms with Gasteiger partial charge in [-0.2, -0.15) is 0 Å². The molecule has 0 spiro atoms. The summed E-state index contributed by atoms with van der Waals surface area (Å²) in [5.41, 5.74) is 1.13. The summed E-state index contributed by atoms with van der Waals surface area (Å²) >= 11 is 6.02. The molecule has 2 aromatic rings. The van der Waals surface area contributed by atoms with Crippen molar-refractivity contribution < 1.29 is 0 Å². The van der Waals surface area contributed by atoms with Gasteiger partial charge in [0.15, 0.2) is 11.8 Å². The van der Waals surface area contributed by atoms with Gasteiger partial charge < -0.3 is 14.8 Å². The summed E-state index contributed by atoms with van der Waals surface area (Å²) in [6.45, 7) is 4.22. The molecule has 23 heavy (non-hydrogen) atoms. The van der Waals surface area contributed by atoms with Crippen LogP contribution in [0.15, 0.2) is 35.6 Å². The summed E-state index contributed by atoms with van der Waals surface area (Å²) in [4.78, 5) is 6.34. The van der Waals surface area contributed by atoms with E-state index in [-0.39, 0.29) is 24.0 Å². The lowest BCUT2D eigenvalue weighted by molar-refractivity contribution is 0.474. The third-order valence-electron chi connectivity index (χ3n) is 3.32. The Kier molecular flexibility index (Phi) is 8.32. The molecule has 0 unspecified atom stereocenters. The number of aliphatic imine (C=N–C) groups is 1. The fourth-order valence-electron chi connectivity index (χ4n) is 2.21. The van der Waals surface area contributed by atoms with E-state index in [4.69, 9.17) is 11.6 Å². The van der Waals surface area contributed by atoms with Gasteiger partial charge in [-0.25, -0.2) is 0 Å². The summed E-state index contributed by atoms with van der Waals surface area (Å²) in [6, 6.07) is 7.82. The van der Waals surface area contributed by atoms with Crippen molar-refractivity contribution in [3.8, 4) is 0 Å². The van der Waals surface area contributed by atoms with Crippen LogP contribution in [0.1, 0.15) is 18.3 Å². The van der Waals surface area contributed by atoms with Crippen LogP contribution < -0.4 is 5.32 Å². The molecular formula is C15H22ClIN6. The first-order chi connectivity index (χ1) is 10.6. The van der Waals surface area contributed by atoms with Gasteiger partial charge in [-0.05, 0) is 24.6 Å². The maximum Gasteiger partial charge on any atom is 0.194 e. The van der Waals surface area contributed by atoms with Crippen LogP contribution in [0.25, 0.3) is 0 Å². The Morgan fingerprint density at radius 1 is 1.43 bits per heavy atom. The standard InChI is InChI=1S/C15H21ClN6.HI/c1-4-22-11-19-20-14(22)9-18-15(17-2)21(3)10-12-6-5-7-13(16)8-12;/h5-8,11H,4,9-10H2,1-3H3,(H,17,18);1H. The van der Waals surface area contributed by atoms with E-state index >= 15 is 0 Å². The zero-order valence-electron chi connectivity index (χ0n) is 13.5. The summed E-state index contributed by atoms with van der Waals surface area (Å²) < 4.78 is 2.00. The van der Waals surface area contributed by atoms with Gasteiger partial charge in [-0.3, -0.25) is 4.99 Å². The van der Waals surface area contributed by atoms with Crippen molar-refractivity contribution in [2.45, 2.75) is 26.6 Å². The van der Waals surface area contributed by atoms with Gasteiger partial charge in [0.25, 0.3) is 0 Å². The Morgan fingerprint density at radius 3 is 2.87 bits per heavy atom. The van der Waals surface area contributed by atoms with Crippen LogP contribution in [-0.2, 0) is 19.6 Å². The van der Waals surface area contributed by atoms with Gasteiger partial charge in [0.1, 0.15) is 6.33 Å². The maximum atomic E-state index is 6.02. The largest absolute Gasteiger partial charge is 0.349 e. The first-order valence-corrected chi connectivity index (χ1v) is 7.54. The average molecular weight is 449 g/mol. The second-order valence-electron chi connectivity index (χ2n) is 4.92. The highest BCUT2D eigenvalue weighted by Gasteiger charge is 2.09. The lowest BCUT2D eigenvalue weighted by Gasteiger charge is -2.22. The van der Waals surface area contributed by atoms with Crippen LogP contribution in [0.4, 0.5) is 0 Å². The molecule has 1 heterocycles. The monoisotopic (exact) mass is 448 g/mol. The quantitative estimate of drug-likeness (QED) is 0.434. The van der Waals surface area contributed by atoms with Crippen LogP contribution in [-0.4, -0.2) is 39.7 Å². The molecular weight excluding hydrogens is 427 g/mol. The van der Waals surface area contributed by atoms with E-state index in [9.17, 15) is 0 Å². The zero-order valence-corrected chi connectivity index (χ0v) is 16.6. The minimum atomic E-state index is 0. The predicted molar refractivity (Wildman–Crippen MR) is 104 cm³/mol. The number of hydrogen-bond donors (Lipinski definition) is 1. The zero-order chi connectivity index (χ0) is 15.9. The van der Waals surface area contributed by atoms with Crippen LogP contribution in [0.5, 0.6) is 0 Å². The Labute approximate surface area is 159 Å². The highest BCUT2D eigenvalue weighted by atomic mass is 127. The van der Waals surface area contributed by atoms with Crippen molar-refractivity contribution in [1.29, 1.82) is 0 Å². The van der Waals surface area contributed by atoms with Gasteiger partial charge in [-0.15, -0.1) is 34.2 Å². The minimum absolute atomic E-state index is 0. The first kappa shape index (κ1) is 19.7. The topological polar surface area (TPSA) is 58.3 Å². The molecule has 1 aromatic carbocycles. The highest BCUT2D eigenvalue weighted by molar-refractivity contribution is 14.0. The fourth-order valence-corrected chi connectivity index (χ4v) is 2.42. The van der Waals surface area contributed by atoms with Crippen LogP contribution in [0, 0.1) is 0 Å². The van der Waals surface area contributed by atoms with E-state index in [2.05, 4.69) is 27.4 Å². The molecule has 8 heteroatoms. The smallest absolute Gasteiger partial charge is 0.194 e. The van der Waals surface area contributed by atoms with Crippen molar-refractivity contribution in [2.24, 2.45) is 4.99 Å². The summed E-state index contributed by atoms with van der Waals surface area (Å²) in [6.07, 6.45) is 1.73. The third kappa shape index (κ3) is 5.65. The fraction of sp³-hybridized carbons (Fsp3) is 0.400. The third-order valence-corrected chi connectivity index (χ3v) is 3.56. The number of aryl methyl sites for hydroxylation is 1. The van der Waals surface area contributed by atoms with Crippen LogP contribution >= 0.6 is 35.6 Å². The lowest BCUT2D eigenvalue weighted by Crippen LogP contribution is -2.38. The Morgan fingerprint density at radius 2 is 2.22 bits per heavy atom. The summed E-state index contributed by atoms with van der Waals surface area (Å²) in [5, 5.41) is 12.1. The van der Waals surface area contributed by atoms with Crippen molar-refractivity contribution in [1.82, 2.24) is 25.0 Å². The van der Waals surface area contributed by atoms with Crippen LogP contribution in [0.2, 0.25) is 5.02 Å². The first-order valence-electron chi connectivity index (χ1n) is 7.17. The lowest BCUT2D eigenvalue weighted by atomic mass is 10.2. The maximum absolute atomic E-state index is 6.02. The normalized spacial score (nSPS) is 11.0. The van der Waals surface area contributed by atoms with Crippen molar-refractivity contribution in [3.63, 3.8) is 0 Å². The number of nitrogens with one attached hydrogen (secondary N) is 1. The Balaban J connectivity index is 0.00000264. The van der Waals surface area contributed by atoms with Crippen molar-refractivity contribution in [2.75, 3.05) is 14.1 Å². The number of nitrogens with zero attached hydrogens (tertiary/aromatic N) is 5. The molecule has 0 saturated carbocycles. The molecule has 1 aromatic heterocycles.